The second kappa shape index (κ2) is 3.03. The van der Waals surface area contributed by atoms with Crippen molar-refractivity contribution in [2.45, 2.75) is 6.61 Å². The van der Waals surface area contributed by atoms with E-state index in [4.69, 9.17) is 9.84 Å². The quantitative estimate of drug-likeness (QED) is 0.651. The van der Waals surface area contributed by atoms with Gasteiger partial charge in [-0.2, -0.15) is 0 Å². The molecule has 0 spiro atoms. The fourth-order valence-electron chi connectivity index (χ4n) is 1.36. The van der Waals surface area contributed by atoms with Crippen LogP contribution in [0.5, 0.6) is 5.75 Å². The van der Waals surface area contributed by atoms with Crippen molar-refractivity contribution in [3.63, 3.8) is 0 Å². The van der Waals surface area contributed by atoms with E-state index < -0.39 is 0 Å². The molecule has 0 saturated carbocycles. The largest absolute Gasteiger partial charge is 0.489 e. The minimum atomic E-state index is 0.0326. The van der Waals surface area contributed by atoms with E-state index in [0.717, 1.165) is 23.5 Å². The number of anilines is 1. The topological polar surface area (TPSA) is 41.5 Å². The maximum atomic E-state index is 8.99. The molecule has 2 N–H and O–H groups in total. The number of hydrogen-bond acceptors (Lipinski definition) is 3. The third-order valence-electron chi connectivity index (χ3n) is 1.93. The summed E-state index contributed by atoms with van der Waals surface area (Å²) < 4.78 is 5.42. The van der Waals surface area contributed by atoms with Crippen LogP contribution in [0.4, 0.5) is 5.69 Å². The van der Waals surface area contributed by atoms with Crippen LogP contribution in [0.15, 0.2) is 18.2 Å². The number of aliphatic hydroxyl groups excluding tert-OH is 1. The van der Waals surface area contributed by atoms with Crippen LogP contribution in [0.25, 0.3) is 0 Å². The van der Waals surface area contributed by atoms with Crippen LogP contribution in [0.2, 0.25) is 0 Å². The summed E-state index contributed by atoms with van der Waals surface area (Å²) in [6, 6.07) is 5.73. The molecule has 0 fully saturated rings. The number of fused-ring (bicyclic) bond motifs is 1. The Hall–Kier alpha value is -1.22. The summed E-state index contributed by atoms with van der Waals surface area (Å²) >= 11 is 0. The summed E-state index contributed by atoms with van der Waals surface area (Å²) in [6.45, 7) is 1.54. The lowest BCUT2D eigenvalue weighted by Crippen LogP contribution is -2.18. The molecular weight excluding hydrogens is 154 g/mol. The molecule has 64 valence electrons. The van der Waals surface area contributed by atoms with Crippen LogP contribution in [0, 0.1) is 0 Å². The molecule has 1 heterocycles. The van der Waals surface area contributed by atoms with E-state index in [-0.39, 0.29) is 6.61 Å². The van der Waals surface area contributed by atoms with Crippen molar-refractivity contribution in [2.75, 3.05) is 18.5 Å². The van der Waals surface area contributed by atoms with Crippen LogP contribution in [0.3, 0.4) is 0 Å². The fourth-order valence-corrected chi connectivity index (χ4v) is 1.36. The van der Waals surface area contributed by atoms with Gasteiger partial charge in [0.05, 0.1) is 12.3 Å². The van der Waals surface area contributed by atoms with Gasteiger partial charge in [0.1, 0.15) is 12.4 Å². The number of rotatable bonds is 1. The van der Waals surface area contributed by atoms with E-state index in [9.17, 15) is 0 Å². The fraction of sp³-hybridized carbons (Fsp3) is 0.333. The third kappa shape index (κ3) is 1.12. The molecule has 3 nitrogen and oxygen atoms in total. The highest BCUT2D eigenvalue weighted by Crippen LogP contribution is 2.30. The van der Waals surface area contributed by atoms with Crippen molar-refractivity contribution in [1.29, 1.82) is 0 Å². The number of nitrogens with one attached hydrogen (secondary N) is 1. The molecule has 1 aliphatic rings. The van der Waals surface area contributed by atoms with Gasteiger partial charge in [-0.05, 0) is 6.07 Å². The van der Waals surface area contributed by atoms with Crippen molar-refractivity contribution < 1.29 is 9.84 Å². The number of para-hydroxylation sites is 1. The Morgan fingerprint density at radius 3 is 3.25 bits per heavy atom. The lowest BCUT2D eigenvalue weighted by Gasteiger charge is -2.20. The highest BCUT2D eigenvalue weighted by molar-refractivity contribution is 5.61. The Kier molecular flexibility index (Phi) is 1.87. The van der Waals surface area contributed by atoms with E-state index in [0.29, 0.717) is 6.61 Å². The lowest BCUT2D eigenvalue weighted by molar-refractivity contribution is 0.263. The number of ether oxygens (including phenoxy) is 1. The van der Waals surface area contributed by atoms with Crippen molar-refractivity contribution in [3.8, 4) is 5.75 Å². The van der Waals surface area contributed by atoms with Gasteiger partial charge in [0, 0.05) is 12.1 Å². The van der Waals surface area contributed by atoms with E-state index >= 15 is 0 Å². The average molecular weight is 165 g/mol. The van der Waals surface area contributed by atoms with Crippen molar-refractivity contribution >= 4 is 5.69 Å². The SMILES string of the molecule is OCc1cccc2c1OCCN2. The van der Waals surface area contributed by atoms with E-state index in [1.54, 1.807) is 0 Å². The second-order valence-corrected chi connectivity index (χ2v) is 2.73. The monoisotopic (exact) mass is 165 g/mol. The molecule has 0 aliphatic carbocycles. The van der Waals surface area contributed by atoms with Crippen molar-refractivity contribution in [1.82, 2.24) is 0 Å². The summed E-state index contributed by atoms with van der Waals surface area (Å²) in [5, 5.41) is 12.2. The Labute approximate surface area is 71.0 Å². The van der Waals surface area contributed by atoms with Gasteiger partial charge in [0.15, 0.2) is 0 Å². The van der Waals surface area contributed by atoms with Gasteiger partial charge in [-0.15, -0.1) is 0 Å². The predicted molar refractivity (Wildman–Crippen MR) is 46.3 cm³/mol. The van der Waals surface area contributed by atoms with Crippen molar-refractivity contribution in [3.05, 3.63) is 23.8 Å². The summed E-state index contributed by atoms with van der Waals surface area (Å²) in [7, 11) is 0. The Morgan fingerprint density at radius 2 is 2.42 bits per heavy atom. The van der Waals surface area contributed by atoms with Gasteiger partial charge in [-0.1, -0.05) is 12.1 Å². The standard InChI is InChI=1S/C9H11NO2/c11-6-7-2-1-3-8-9(7)12-5-4-10-8/h1-3,10-11H,4-6H2. The summed E-state index contributed by atoms with van der Waals surface area (Å²) in [5.41, 5.74) is 1.83. The molecule has 0 aromatic heterocycles. The molecule has 0 radical (unpaired) electrons. The number of benzene rings is 1. The molecule has 0 amide bonds. The molecule has 0 atom stereocenters. The second-order valence-electron chi connectivity index (χ2n) is 2.73. The molecule has 2 rings (SSSR count). The maximum Gasteiger partial charge on any atom is 0.147 e. The predicted octanol–water partition coefficient (Wildman–Crippen LogP) is 0.983. The molecule has 0 unspecified atom stereocenters. The van der Waals surface area contributed by atoms with Crippen LogP contribution >= 0.6 is 0 Å². The maximum absolute atomic E-state index is 8.99. The van der Waals surface area contributed by atoms with Crippen LogP contribution in [-0.2, 0) is 6.61 Å². The Bertz CT molecular complexity index is 272. The zero-order valence-corrected chi connectivity index (χ0v) is 6.71. The highest BCUT2D eigenvalue weighted by Gasteiger charge is 2.12. The normalized spacial score (nSPS) is 14.4. The van der Waals surface area contributed by atoms with Crippen LogP contribution < -0.4 is 10.1 Å². The van der Waals surface area contributed by atoms with Crippen molar-refractivity contribution in [2.24, 2.45) is 0 Å². The van der Waals surface area contributed by atoms with Gasteiger partial charge < -0.3 is 15.2 Å². The molecular formula is C9H11NO2. The first-order valence-corrected chi connectivity index (χ1v) is 4.01. The molecule has 1 aromatic carbocycles. The van der Waals surface area contributed by atoms with Gasteiger partial charge in [-0.25, -0.2) is 0 Å². The third-order valence-corrected chi connectivity index (χ3v) is 1.93. The zero-order chi connectivity index (χ0) is 8.39. The van der Waals surface area contributed by atoms with Gasteiger partial charge in [0.25, 0.3) is 0 Å². The van der Waals surface area contributed by atoms with E-state index in [2.05, 4.69) is 5.32 Å². The summed E-state index contributed by atoms with van der Waals surface area (Å²) in [5.74, 6) is 0.797. The molecule has 12 heavy (non-hydrogen) atoms. The van der Waals surface area contributed by atoms with E-state index in [1.807, 2.05) is 18.2 Å². The van der Waals surface area contributed by atoms with Crippen LogP contribution in [0.1, 0.15) is 5.56 Å². The molecule has 0 bridgehead atoms. The van der Waals surface area contributed by atoms with Crippen LogP contribution in [-0.4, -0.2) is 18.3 Å². The Balaban J connectivity index is 2.44. The lowest BCUT2D eigenvalue weighted by atomic mass is 10.1. The first kappa shape index (κ1) is 7.43. The zero-order valence-electron chi connectivity index (χ0n) is 6.71. The minimum Gasteiger partial charge on any atom is -0.489 e. The Morgan fingerprint density at radius 1 is 1.50 bits per heavy atom. The first-order chi connectivity index (χ1) is 5.92. The average Bonchev–Trinajstić information content (AvgIpc) is 2.17. The molecule has 1 aliphatic heterocycles. The van der Waals surface area contributed by atoms with Gasteiger partial charge in [0.2, 0.25) is 0 Å². The first-order valence-electron chi connectivity index (χ1n) is 4.01. The summed E-state index contributed by atoms with van der Waals surface area (Å²) in [4.78, 5) is 0. The van der Waals surface area contributed by atoms with Gasteiger partial charge >= 0.3 is 0 Å². The van der Waals surface area contributed by atoms with E-state index in [1.165, 1.54) is 0 Å². The number of hydrogen-bond donors (Lipinski definition) is 2. The molecule has 3 heteroatoms. The molecule has 1 aromatic rings. The van der Waals surface area contributed by atoms with Gasteiger partial charge in [-0.3, -0.25) is 0 Å². The minimum absolute atomic E-state index is 0.0326. The highest BCUT2D eigenvalue weighted by atomic mass is 16.5. The molecule has 0 saturated heterocycles. The smallest absolute Gasteiger partial charge is 0.147 e. The summed E-state index contributed by atoms with van der Waals surface area (Å²) in [6.07, 6.45) is 0. The number of aliphatic hydroxyl groups is 1.